The van der Waals surface area contributed by atoms with Crippen LogP contribution in [0.4, 0.5) is 4.79 Å². The maximum atomic E-state index is 14.1. The average Bonchev–Trinajstić information content (AvgIpc) is 2.85. The predicted octanol–water partition coefficient (Wildman–Crippen LogP) is 3.58. The number of piperidine rings is 1. The lowest BCUT2D eigenvalue weighted by Gasteiger charge is -2.44. The van der Waals surface area contributed by atoms with Crippen molar-refractivity contribution in [3.63, 3.8) is 0 Å². The Morgan fingerprint density at radius 1 is 0.875 bits per heavy atom. The zero-order valence-electron chi connectivity index (χ0n) is 18.9. The first-order valence-corrected chi connectivity index (χ1v) is 11.6. The van der Waals surface area contributed by atoms with Crippen molar-refractivity contribution < 1.29 is 14.3 Å². The Kier molecular flexibility index (Phi) is 7.43. The molecule has 2 amide bonds. The van der Waals surface area contributed by atoms with Crippen molar-refractivity contribution in [2.45, 2.75) is 31.2 Å². The lowest BCUT2D eigenvalue weighted by atomic mass is 9.89. The summed E-state index contributed by atoms with van der Waals surface area (Å²) in [6.45, 7) is 4.41. The number of rotatable bonds is 5. The minimum atomic E-state index is -0.356. The van der Waals surface area contributed by atoms with Crippen LogP contribution in [-0.4, -0.2) is 79.1 Å². The van der Waals surface area contributed by atoms with Gasteiger partial charge in [-0.1, -0.05) is 67.1 Å². The van der Waals surface area contributed by atoms with Gasteiger partial charge >= 0.3 is 6.09 Å². The van der Waals surface area contributed by atoms with Crippen molar-refractivity contribution in [3.8, 4) is 0 Å². The summed E-state index contributed by atoms with van der Waals surface area (Å²) in [7, 11) is 1.42. The number of ether oxygens (including phenoxy) is 1. The van der Waals surface area contributed by atoms with E-state index in [1.807, 2.05) is 65.6 Å². The summed E-state index contributed by atoms with van der Waals surface area (Å²) in [5.74, 6) is -0.250. The summed E-state index contributed by atoms with van der Waals surface area (Å²) in [6, 6.07) is 20.0. The highest BCUT2D eigenvalue weighted by Gasteiger charge is 2.37. The highest BCUT2D eigenvalue weighted by atomic mass is 16.5. The van der Waals surface area contributed by atoms with Gasteiger partial charge in [-0.2, -0.15) is 0 Å². The molecule has 2 aromatic rings. The molecule has 2 saturated heterocycles. The summed E-state index contributed by atoms with van der Waals surface area (Å²) in [5.41, 5.74) is 1.99. The van der Waals surface area contributed by atoms with Crippen molar-refractivity contribution in [3.05, 3.63) is 71.8 Å². The average molecular weight is 436 g/mol. The van der Waals surface area contributed by atoms with Gasteiger partial charge in [0.25, 0.3) is 0 Å². The van der Waals surface area contributed by atoms with Crippen LogP contribution in [0.1, 0.15) is 36.3 Å². The van der Waals surface area contributed by atoms with Gasteiger partial charge < -0.3 is 19.4 Å². The molecule has 0 aromatic heterocycles. The number of piperazine rings is 1. The number of amides is 2. The highest BCUT2D eigenvalue weighted by molar-refractivity contribution is 5.87. The van der Waals surface area contributed by atoms with Gasteiger partial charge in [-0.25, -0.2) is 4.79 Å². The number of hydrogen-bond acceptors (Lipinski definition) is 4. The van der Waals surface area contributed by atoms with E-state index in [1.165, 1.54) is 26.4 Å². The van der Waals surface area contributed by atoms with Gasteiger partial charge in [0.1, 0.15) is 0 Å². The third-order valence-corrected chi connectivity index (χ3v) is 6.63. The standard InChI is InChI=1S/C26H33N3O3/c1-32-26(31)28-17-18-29(23(20-28)19-27-15-9-4-10-16-27)25(30)24(21-11-5-2-6-12-21)22-13-7-3-8-14-22/h2-3,5-8,11-14,23-24H,4,9-10,15-20H2,1H3/t23-/m1/s1. The summed E-state index contributed by atoms with van der Waals surface area (Å²) >= 11 is 0. The molecule has 2 fully saturated rings. The summed E-state index contributed by atoms with van der Waals surface area (Å²) in [5, 5.41) is 0. The minimum Gasteiger partial charge on any atom is -0.453 e. The second kappa shape index (κ2) is 10.6. The van der Waals surface area contributed by atoms with Crippen LogP contribution in [0, 0.1) is 0 Å². The Bertz CT molecular complexity index is 844. The molecule has 2 aliphatic rings. The first-order chi connectivity index (χ1) is 15.7. The van der Waals surface area contributed by atoms with Gasteiger partial charge in [-0.15, -0.1) is 0 Å². The van der Waals surface area contributed by atoms with E-state index >= 15 is 0 Å². The third kappa shape index (κ3) is 5.13. The van der Waals surface area contributed by atoms with E-state index in [9.17, 15) is 9.59 Å². The predicted molar refractivity (Wildman–Crippen MR) is 124 cm³/mol. The number of carbonyl (C=O) groups excluding carboxylic acids is 2. The van der Waals surface area contributed by atoms with Gasteiger partial charge in [-0.3, -0.25) is 4.79 Å². The molecule has 6 heteroatoms. The third-order valence-electron chi connectivity index (χ3n) is 6.63. The second-order valence-corrected chi connectivity index (χ2v) is 8.72. The zero-order valence-corrected chi connectivity index (χ0v) is 18.9. The molecular formula is C26H33N3O3. The largest absolute Gasteiger partial charge is 0.453 e. The quantitative estimate of drug-likeness (QED) is 0.720. The van der Waals surface area contributed by atoms with Crippen molar-refractivity contribution in [2.75, 3.05) is 46.4 Å². The molecule has 0 bridgehead atoms. The van der Waals surface area contributed by atoms with Gasteiger partial charge in [0.2, 0.25) is 5.91 Å². The molecule has 2 aliphatic heterocycles. The van der Waals surface area contributed by atoms with E-state index in [1.54, 1.807) is 4.90 Å². The van der Waals surface area contributed by atoms with Crippen molar-refractivity contribution in [1.29, 1.82) is 0 Å². The molecule has 2 heterocycles. The van der Waals surface area contributed by atoms with E-state index in [-0.39, 0.29) is 24.0 Å². The highest BCUT2D eigenvalue weighted by Crippen LogP contribution is 2.29. The molecule has 0 spiro atoms. The number of hydrogen-bond donors (Lipinski definition) is 0. The maximum absolute atomic E-state index is 14.1. The Morgan fingerprint density at radius 2 is 1.47 bits per heavy atom. The lowest BCUT2D eigenvalue weighted by molar-refractivity contribution is -0.137. The van der Waals surface area contributed by atoms with Gasteiger partial charge in [0.05, 0.1) is 19.1 Å². The zero-order chi connectivity index (χ0) is 22.3. The first kappa shape index (κ1) is 22.3. The van der Waals surface area contributed by atoms with E-state index in [0.29, 0.717) is 19.6 Å². The molecule has 6 nitrogen and oxygen atoms in total. The van der Waals surface area contributed by atoms with Crippen LogP contribution in [0.5, 0.6) is 0 Å². The second-order valence-electron chi connectivity index (χ2n) is 8.72. The summed E-state index contributed by atoms with van der Waals surface area (Å²) in [4.78, 5) is 32.5. The van der Waals surface area contributed by atoms with Crippen LogP contribution in [0.15, 0.2) is 60.7 Å². The topological polar surface area (TPSA) is 53.1 Å². The number of methoxy groups -OCH3 is 1. The van der Waals surface area contributed by atoms with Crippen LogP contribution in [0.25, 0.3) is 0 Å². The Hall–Kier alpha value is -2.86. The fourth-order valence-electron chi connectivity index (χ4n) is 4.97. The number of carbonyl (C=O) groups is 2. The van der Waals surface area contributed by atoms with Gasteiger partial charge in [0.15, 0.2) is 0 Å². The molecule has 170 valence electrons. The lowest BCUT2D eigenvalue weighted by Crippen LogP contribution is -2.60. The van der Waals surface area contributed by atoms with Crippen LogP contribution >= 0.6 is 0 Å². The first-order valence-electron chi connectivity index (χ1n) is 11.6. The van der Waals surface area contributed by atoms with Gasteiger partial charge in [0, 0.05) is 26.2 Å². The van der Waals surface area contributed by atoms with Crippen molar-refractivity contribution in [1.82, 2.24) is 14.7 Å². The Morgan fingerprint density at radius 3 is 2.03 bits per heavy atom. The van der Waals surface area contributed by atoms with E-state index in [2.05, 4.69) is 4.90 Å². The minimum absolute atomic E-state index is 0.0524. The molecule has 32 heavy (non-hydrogen) atoms. The molecule has 0 radical (unpaired) electrons. The summed E-state index contributed by atoms with van der Waals surface area (Å²) < 4.78 is 4.98. The SMILES string of the molecule is COC(=O)N1CCN(C(=O)C(c2ccccc2)c2ccccc2)[C@H](CN2CCCCC2)C1. The molecule has 2 aromatic carbocycles. The number of benzene rings is 2. The van der Waals surface area contributed by atoms with Crippen LogP contribution < -0.4 is 0 Å². The number of likely N-dealkylation sites (tertiary alicyclic amines) is 1. The molecule has 0 saturated carbocycles. The molecule has 0 N–H and O–H groups in total. The number of nitrogens with zero attached hydrogens (tertiary/aromatic N) is 3. The Labute approximate surface area is 190 Å². The Balaban J connectivity index is 1.62. The fraction of sp³-hybridized carbons (Fsp3) is 0.462. The van der Waals surface area contributed by atoms with Gasteiger partial charge in [-0.05, 0) is 37.1 Å². The van der Waals surface area contributed by atoms with Crippen LogP contribution in [-0.2, 0) is 9.53 Å². The molecule has 4 rings (SSSR count). The monoisotopic (exact) mass is 435 g/mol. The molecular weight excluding hydrogens is 402 g/mol. The van der Waals surface area contributed by atoms with E-state index < -0.39 is 0 Å². The van der Waals surface area contributed by atoms with Crippen LogP contribution in [0.3, 0.4) is 0 Å². The van der Waals surface area contributed by atoms with Crippen molar-refractivity contribution >= 4 is 12.0 Å². The normalized spacial score (nSPS) is 19.8. The van der Waals surface area contributed by atoms with Crippen molar-refractivity contribution in [2.24, 2.45) is 0 Å². The molecule has 0 unspecified atom stereocenters. The summed E-state index contributed by atoms with van der Waals surface area (Å²) in [6.07, 6.45) is 3.33. The van der Waals surface area contributed by atoms with E-state index in [4.69, 9.17) is 4.74 Å². The van der Waals surface area contributed by atoms with E-state index in [0.717, 1.165) is 30.8 Å². The fourth-order valence-corrected chi connectivity index (χ4v) is 4.97. The van der Waals surface area contributed by atoms with Crippen LogP contribution in [0.2, 0.25) is 0 Å². The molecule has 1 atom stereocenters. The maximum Gasteiger partial charge on any atom is 0.409 e. The molecule has 0 aliphatic carbocycles. The smallest absolute Gasteiger partial charge is 0.409 e.